The minimum absolute atomic E-state index is 0. The minimum atomic E-state index is -0.0386. The number of rotatable bonds is 6. The van der Waals surface area contributed by atoms with Gasteiger partial charge in [0.05, 0.1) is 19.4 Å². The second kappa shape index (κ2) is 10.5. The van der Waals surface area contributed by atoms with Crippen molar-refractivity contribution in [1.82, 2.24) is 15.5 Å². The fourth-order valence-electron chi connectivity index (χ4n) is 2.03. The Hall–Kier alpha value is -1.29. The monoisotopic (exact) mass is 436 g/mol. The molecule has 1 aromatic rings. The van der Waals surface area contributed by atoms with E-state index in [1.807, 2.05) is 12.1 Å². The summed E-state index contributed by atoms with van der Waals surface area (Å²) in [4.78, 5) is 17.5. The number of guanidine groups is 1. The summed E-state index contributed by atoms with van der Waals surface area (Å²) in [5, 5.41) is 6.44. The topological polar surface area (TPSA) is 79.1 Å². The van der Waals surface area contributed by atoms with Gasteiger partial charge in [0.25, 0.3) is 0 Å². The van der Waals surface area contributed by atoms with Gasteiger partial charge < -0.3 is 24.7 Å². The number of nitrogens with zero attached hydrogens (tertiary/aromatic N) is 2. The Labute approximate surface area is 153 Å². The molecule has 0 radical (unpaired) electrons. The minimum Gasteiger partial charge on any atom is -0.467 e. The van der Waals surface area contributed by atoms with Crippen LogP contribution in [0.1, 0.15) is 12.2 Å². The van der Waals surface area contributed by atoms with Gasteiger partial charge in [-0.1, -0.05) is 0 Å². The maximum absolute atomic E-state index is 11.7. The Morgan fingerprint density at radius 3 is 2.87 bits per heavy atom. The molecule has 1 aromatic heterocycles. The summed E-state index contributed by atoms with van der Waals surface area (Å²) in [5.74, 6) is 1.87. The number of ether oxygens (including phenoxy) is 1. The summed E-state index contributed by atoms with van der Waals surface area (Å²) in [7, 11) is 3.44. The molecule has 0 saturated carbocycles. The molecule has 1 aliphatic rings. The van der Waals surface area contributed by atoms with Crippen LogP contribution in [0.5, 0.6) is 0 Å². The summed E-state index contributed by atoms with van der Waals surface area (Å²) in [6, 6.07) is 3.73. The summed E-state index contributed by atoms with van der Waals surface area (Å²) in [6.07, 6.45) is 2.68. The number of likely N-dealkylation sites (N-methyl/N-ethyl adjacent to an activating group) is 1. The zero-order valence-electron chi connectivity index (χ0n) is 13.6. The SMILES string of the molecule is CN(C)C(=O)CN=C(NCc1ccco1)NCC1CCOC1.I. The number of amides is 1. The van der Waals surface area contributed by atoms with Crippen molar-refractivity contribution >= 4 is 35.8 Å². The fourth-order valence-corrected chi connectivity index (χ4v) is 2.03. The van der Waals surface area contributed by atoms with Gasteiger partial charge in [0.2, 0.25) is 5.91 Å². The lowest BCUT2D eigenvalue weighted by molar-refractivity contribution is -0.127. The fraction of sp³-hybridized carbons (Fsp3) is 0.600. The molecule has 2 heterocycles. The van der Waals surface area contributed by atoms with E-state index in [2.05, 4.69) is 15.6 Å². The molecule has 130 valence electrons. The van der Waals surface area contributed by atoms with Gasteiger partial charge in [0, 0.05) is 33.2 Å². The maximum Gasteiger partial charge on any atom is 0.243 e. The van der Waals surface area contributed by atoms with Crippen LogP contribution in [-0.4, -0.2) is 57.2 Å². The van der Waals surface area contributed by atoms with Crippen LogP contribution < -0.4 is 10.6 Å². The molecular weight excluding hydrogens is 411 g/mol. The van der Waals surface area contributed by atoms with Crippen LogP contribution >= 0.6 is 24.0 Å². The first-order valence-electron chi connectivity index (χ1n) is 7.47. The number of carbonyl (C=O) groups excluding carboxylic acids is 1. The molecule has 0 aliphatic carbocycles. The van der Waals surface area contributed by atoms with Crippen molar-refractivity contribution in [3.05, 3.63) is 24.2 Å². The molecule has 0 bridgehead atoms. The van der Waals surface area contributed by atoms with Crippen molar-refractivity contribution < 1.29 is 13.9 Å². The van der Waals surface area contributed by atoms with E-state index in [-0.39, 0.29) is 36.4 Å². The second-order valence-corrected chi connectivity index (χ2v) is 5.50. The van der Waals surface area contributed by atoms with Crippen LogP contribution in [0.2, 0.25) is 0 Å². The molecule has 2 N–H and O–H groups in total. The van der Waals surface area contributed by atoms with Crippen LogP contribution in [0.3, 0.4) is 0 Å². The highest BCUT2D eigenvalue weighted by Gasteiger charge is 2.16. The van der Waals surface area contributed by atoms with Crippen molar-refractivity contribution in [2.45, 2.75) is 13.0 Å². The summed E-state index contributed by atoms with van der Waals surface area (Å²) in [5.41, 5.74) is 0. The lowest BCUT2D eigenvalue weighted by atomic mass is 10.1. The molecule has 1 atom stereocenters. The normalized spacial score (nSPS) is 17.5. The van der Waals surface area contributed by atoms with E-state index in [0.717, 1.165) is 31.9 Å². The molecule has 2 rings (SSSR count). The highest BCUT2D eigenvalue weighted by molar-refractivity contribution is 14.0. The molecule has 23 heavy (non-hydrogen) atoms. The number of aliphatic imine (C=N–C) groups is 1. The van der Waals surface area contributed by atoms with Crippen molar-refractivity contribution in [3.8, 4) is 0 Å². The van der Waals surface area contributed by atoms with Crippen LogP contribution in [-0.2, 0) is 16.1 Å². The average Bonchev–Trinajstić information content (AvgIpc) is 3.19. The number of nitrogens with one attached hydrogen (secondary N) is 2. The van der Waals surface area contributed by atoms with E-state index in [0.29, 0.717) is 18.4 Å². The van der Waals surface area contributed by atoms with Gasteiger partial charge in [0.1, 0.15) is 12.3 Å². The number of hydrogen-bond acceptors (Lipinski definition) is 4. The van der Waals surface area contributed by atoms with Crippen molar-refractivity contribution in [3.63, 3.8) is 0 Å². The number of carbonyl (C=O) groups is 1. The summed E-state index contributed by atoms with van der Waals surface area (Å²) < 4.78 is 10.6. The zero-order valence-corrected chi connectivity index (χ0v) is 15.9. The lowest BCUT2D eigenvalue weighted by Crippen LogP contribution is -2.40. The molecule has 1 aliphatic heterocycles. The van der Waals surface area contributed by atoms with E-state index in [4.69, 9.17) is 9.15 Å². The third-order valence-corrected chi connectivity index (χ3v) is 3.46. The Bertz CT molecular complexity index is 485. The van der Waals surface area contributed by atoms with E-state index in [1.54, 1.807) is 20.4 Å². The maximum atomic E-state index is 11.7. The zero-order chi connectivity index (χ0) is 15.8. The molecule has 1 unspecified atom stereocenters. The first kappa shape index (κ1) is 19.8. The molecular formula is C15H25IN4O3. The van der Waals surface area contributed by atoms with Crippen molar-refractivity contribution in [2.24, 2.45) is 10.9 Å². The summed E-state index contributed by atoms with van der Waals surface area (Å²) >= 11 is 0. The summed E-state index contributed by atoms with van der Waals surface area (Å²) in [6.45, 7) is 3.00. The Morgan fingerprint density at radius 2 is 2.26 bits per heavy atom. The number of halogens is 1. The standard InChI is InChI=1S/C15H24N4O3.HI/c1-19(2)14(20)10-18-15(16-8-12-5-7-21-11-12)17-9-13-4-3-6-22-13;/h3-4,6,12H,5,7-11H2,1-2H3,(H2,16,17,18);1H. The first-order valence-corrected chi connectivity index (χ1v) is 7.47. The highest BCUT2D eigenvalue weighted by atomic mass is 127. The second-order valence-electron chi connectivity index (χ2n) is 5.50. The Morgan fingerprint density at radius 1 is 1.43 bits per heavy atom. The van der Waals surface area contributed by atoms with Gasteiger partial charge in [-0.05, 0) is 18.6 Å². The number of hydrogen-bond donors (Lipinski definition) is 2. The predicted octanol–water partition coefficient (Wildman–Crippen LogP) is 1.06. The van der Waals surface area contributed by atoms with Crippen LogP contribution in [0.4, 0.5) is 0 Å². The van der Waals surface area contributed by atoms with E-state index in [1.165, 1.54) is 4.90 Å². The first-order chi connectivity index (χ1) is 10.6. The largest absolute Gasteiger partial charge is 0.467 e. The van der Waals surface area contributed by atoms with Gasteiger partial charge in [0.15, 0.2) is 5.96 Å². The van der Waals surface area contributed by atoms with Crippen molar-refractivity contribution in [2.75, 3.05) is 40.4 Å². The molecule has 1 saturated heterocycles. The average molecular weight is 436 g/mol. The number of furan rings is 1. The van der Waals surface area contributed by atoms with Gasteiger partial charge >= 0.3 is 0 Å². The molecule has 0 spiro atoms. The van der Waals surface area contributed by atoms with Crippen LogP contribution in [0, 0.1) is 5.92 Å². The van der Waals surface area contributed by atoms with Crippen LogP contribution in [0.25, 0.3) is 0 Å². The van der Waals surface area contributed by atoms with E-state index < -0.39 is 0 Å². The third-order valence-electron chi connectivity index (χ3n) is 3.46. The van der Waals surface area contributed by atoms with Crippen molar-refractivity contribution in [1.29, 1.82) is 0 Å². The van der Waals surface area contributed by atoms with Crippen LogP contribution in [0.15, 0.2) is 27.8 Å². The molecule has 0 aromatic carbocycles. The smallest absolute Gasteiger partial charge is 0.243 e. The molecule has 7 nitrogen and oxygen atoms in total. The van der Waals surface area contributed by atoms with Gasteiger partial charge in [-0.15, -0.1) is 24.0 Å². The Kier molecular flexibility index (Phi) is 9.00. The molecule has 1 amide bonds. The van der Waals surface area contributed by atoms with E-state index >= 15 is 0 Å². The third kappa shape index (κ3) is 7.21. The molecule has 8 heteroatoms. The van der Waals surface area contributed by atoms with Gasteiger partial charge in [-0.25, -0.2) is 4.99 Å². The Balaban J connectivity index is 0.00000264. The predicted molar refractivity (Wildman–Crippen MR) is 98.9 cm³/mol. The van der Waals surface area contributed by atoms with Gasteiger partial charge in [-0.3, -0.25) is 4.79 Å². The lowest BCUT2D eigenvalue weighted by Gasteiger charge is -2.15. The molecule has 1 fully saturated rings. The van der Waals surface area contributed by atoms with Gasteiger partial charge in [-0.2, -0.15) is 0 Å². The van der Waals surface area contributed by atoms with E-state index in [9.17, 15) is 4.79 Å². The highest BCUT2D eigenvalue weighted by Crippen LogP contribution is 2.10. The quantitative estimate of drug-likeness (QED) is 0.396.